The number of hydrogen-bond acceptors (Lipinski definition) is 3. The third-order valence-electron chi connectivity index (χ3n) is 5.24. The summed E-state index contributed by atoms with van der Waals surface area (Å²) in [6, 6.07) is 9.95. The zero-order valence-corrected chi connectivity index (χ0v) is 18.3. The number of carbonyl (C=O) groups excluding carboxylic acids is 1. The molecule has 31 heavy (non-hydrogen) atoms. The SMILES string of the molecule is Cc1ccc(CS(=O)(=O)N2CCC(C(=O)Nc3cc(C(F)(F)F)ccc3Cl)CC2)cc1. The summed E-state index contributed by atoms with van der Waals surface area (Å²) in [6.45, 7) is 2.26. The summed E-state index contributed by atoms with van der Waals surface area (Å²) in [5.41, 5.74) is 0.693. The van der Waals surface area contributed by atoms with Gasteiger partial charge < -0.3 is 5.32 Å². The number of sulfonamides is 1. The van der Waals surface area contributed by atoms with Crippen molar-refractivity contribution >= 4 is 33.2 Å². The first-order chi connectivity index (χ1) is 14.5. The number of hydrogen-bond donors (Lipinski definition) is 1. The zero-order chi connectivity index (χ0) is 22.8. The number of benzene rings is 2. The van der Waals surface area contributed by atoms with Crippen LogP contribution in [0.5, 0.6) is 0 Å². The van der Waals surface area contributed by atoms with Crippen LogP contribution in [0.4, 0.5) is 18.9 Å². The van der Waals surface area contributed by atoms with Crippen LogP contribution in [-0.2, 0) is 26.7 Å². The van der Waals surface area contributed by atoms with E-state index in [1.165, 1.54) is 4.31 Å². The Bertz CT molecular complexity index is 1050. The maximum absolute atomic E-state index is 12.9. The van der Waals surface area contributed by atoms with E-state index >= 15 is 0 Å². The summed E-state index contributed by atoms with van der Waals surface area (Å²) in [6.07, 6.45) is -4.01. The molecule has 10 heteroatoms. The molecule has 168 valence electrons. The molecule has 5 nitrogen and oxygen atoms in total. The number of aryl methyl sites for hydroxylation is 1. The van der Waals surface area contributed by atoms with Crippen molar-refractivity contribution in [3.8, 4) is 0 Å². The minimum Gasteiger partial charge on any atom is -0.325 e. The molecule has 0 bridgehead atoms. The van der Waals surface area contributed by atoms with Gasteiger partial charge in [0.1, 0.15) is 0 Å². The molecule has 2 aromatic rings. The van der Waals surface area contributed by atoms with Crippen molar-refractivity contribution in [3.05, 3.63) is 64.2 Å². The van der Waals surface area contributed by atoms with E-state index in [4.69, 9.17) is 11.6 Å². The summed E-state index contributed by atoms with van der Waals surface area (Å²) in [5.74, 6) is -1.11. The third kappa shape index (κ3) is 5.99. The van der Waals surface area contributed by atoms with Gasteiger partial charge in [0.2, 0.25) is 15.9 Å². The van der Waals surface area contributed by atoms with Crippen molar-refractivity contribution in [3.63, 3.8) is 0 Å². The lowest BCUT2D eigenvalue weighted by Crippen LogP contribution is -2.41. The van der Waals surface area contributed by atoms with Crippen LogP contribution in [-0.4, -0.2) is 31.7 Å². The second-order valence-corrected chi connectivity index (χ2v) is 9.97. The third-order valence-corrected chi connectivity index (χ3v) is 7.42. The first-order valence-corrected chi connectivity index (χ1v) is 11.7. The van der Waals surface area contributed by atoms with Gasteiger partial charge in [0.25, 0.3) is 0 Å². The Balaban J connectivity index is 1.60. The molecular formula is C21H22ClF3N2O3S. The van der Waals surface area contributed by atoms with Crippen LogP contribution in [0.2, 0.25) is 5.02 Å². The maximum atomic E-state index is 12.9. The minimum absolute atomic E-state index is 0.000499. The highest BCUT2D eigenvalue weighted by molar-refractivity contribution is 7.88. The second-order valence-electron chi connectivity index (χ2n) is 7.60. The minimum atomic E-state index is -4.55. The number of amides is 1. The van der Waals surface area contributed by atoms with Crippen molar-refractivity contribution in [2.45, 2.75) is 31.7 Å². The Labute approximate surface area is 184 Å². The molecule has 1 saturated heterocycles. The summed E-state index contributed by atoms with van der Waals surface area (Å²) in [4.78, 5) is 12.5. The maximum Gasteiger partial charge on any atom is 0.416 e. The normalized spacial score (nSPS) is 16.3. The largest absolute Gasteiger partial charge is 0.416 e. The standard InChI is InChI=1S/C21H22ClF3N2O3S/c1-14-2-4-15(5-3-14)13-31(29,30)27-10-8-16(9-11-27)20(28)26-19-12-17(21(23,24)25)6-7-18(19)22/h2-7,12,16H,8-11,13H2,1H3,(H,26,28). The Kier molecular flexibility index (Phi) is 6.98. The number of rotatable bonds is 5. The van der Waals surface area contributed by atoms with Gasteiger partial charge in [-0.3, -0.25) is 4.79 Å². The molecule has 1 fully saturated rings. The first kappa shape index (κ1) is 23.6. The van der Waals surface area contributed by atoms with Gasteiger partial charge in [-0.05, 0) is 43.5 Å². The predicted octanol–water partition coefficient (Wildman–Crippen LogP) is 4.85. The molecular weight excluding hydrogens is 453 g/mol. The quantitative estimate of drug-likeness (QED) is 0.673. The number of halogens is 4. The molecule has 0 atom stereocenters. The predicted molar refractivity (Wildman–Crippen MR) is 113 cm³/mol. The van der Waals surface area contributed by atoms with Crippen molar-refractivity contribution in [1.29, 1.82) is 0 Å². The fraction of sp³-hybridized carbons (Fsp3) is 0.381. The van der Waals surface area contributed by atoms with Gasteiger partial charge in [-0.1, -0.05) is 41.4 Å². The lowest BCUT2D eigenvalue weighted by atomic mass is 9.97. The molecule has 1 N–H and O–H groups in total. The van der Waals surface area contributed by atoms with Crippen LogP contribution in [0.15, 0.2) is 42.5 Å². The van der Waals surface area contributed by atoms with Crippen LogP contribution in [0.25, 0.3) is 0 Å². The molecule has 1 aliphatic heterocycles. The average Bonchev–Trinajstić information content (AvgIpc) is 2.70. The van der Waals surface area contributed by atoms with E-state index in [-0.39, 0.29) is 42.4 Å². The monoisotopic (exact) mass is 474 g/mol. The summed E-state index contributed by atoms with van der Waals surface area (Å²) in [5, 5.41) is 2.45. The van der Waals surface area contributed by atoms with Gasteiger partial charge in [-0.2, -0.15) is 13.2 Å². The van der Waals surface area contributed by atoms with E-state index in [9.17, 15) is 26.4 Å². The summed E-state index contributed by atoms with van der Waals surface area (Å²) < 4.78 is 65.4. The molecule has 0 aromatic heterocycles. The Hall–Kier alpha value is -2.10. The summed E-state index contributed by atoms with van der Waals surface area (Å²) in [7, 11) is -3.53. The Morgan fingerprint density at radius 1 is 1.13 bits per heavy atom. The van der Waals surface area contributed by atoms with Crippen LogP contribution in [0.3, 0.4) is 0 Å². The van der Waals surface area contributed by atoms with Gasteiger partial charge >= 0.3 is 6.18 Å². The molecule has 0 unspecified atom stereocenters. The van der Waals surface area contributed by atoms with Crippen molar-refractivity contribution in [2.75, 3.05) is 18.4 Å². The van der Waals surface area contributed by atoms with Crippen LogP contribution in [0, 0.1) is 12.8 Å². The number of nitrogens with zero attached hydrogens (tertiary/aromatic N) is 1. The molecule has 1 heterocycles. The zero-order valence-electron chi connectivity index (χ0n) is 16.7. The van der Waals surface area contributed by atoms with Crippen LogP contribution < -0.4 is 5.32 Å². The highest BCUT2D eigenvalue weighted by atomic mass is 35.5. The lowest BCUT2D eigenvalue weighted by Gasteiger charge is -2.30. The molecule has 1 amide bonds. The summed E-state index contributed by atoms with van der Waals surface area (Å²) >= 11 is 5.93. The number of carbonyl (C=O) groups is 1. The number of piperidine rings is 1. The molecule has 3 rings (SSSR count). The lowest BCUT2D eigenvalue weighted by molar-refractivity contribution is -0.137. The molecule has 0 spiro atoms. The van der Waals surface area contributed by atoms with Gasteiger partial charge in [-0.15, -0.1) is 0 Å². The van der Waals surface area contributed by atoms with Gasteiger partial charge in [0.15, 0.2) is 0 Å². The Morgan fingerprint density at radius 2 is 1.74 bits per heavy atom. The van der Waals surface area contributed by atoms with E-state index in [0.717, 1.165) is 23.8 Å². The topological polar surface area (TPSA) is 66.5 Å². The number of nitrogens with one attached hydrogen (secondary N) is 1. The fourth-order valence-electron chi connectivity index (χ4n) is 3.41. The second kappa shape index (κ2) is 9.18. The van der Waals surface area contributed by atoms with Crippen molar-refractivity contribution in [2.24, 2.45) is 5.92 Å². The smallest absolute Gasteiger partial charge is 0.325 e. The van der Waals surface area contributed by atoms with Crippen LogP contribution in [0.1, 0.15) is 29.5 Å². The van der Waals surface area contributed by atoms with E-state index in [1.807, 2.05) is 19.1 Å². The highest BCUT2D eigenvalue weighted by Gasteiger charge is 2.33. The Morgan fingerprint density at radius 3 is 2.32 bits per heavy atom. The first-order valence-electron chi connectivity index (χ1n) is 9.67. The van der Waals surface area contributed by atoms with Crippen molar-refractivity contribution in [1.82, 2.24) is 4.31 Å². The van der Waals surface area contributed by atoms with E-state index in [2.05, 4.69) is 5.32 Å². The van der Waals surface area contributed by atoms with Gasteiger partial charge in [-0.25, -0.2) is 12.7 Å². The molecule has 2 aromatic carbocycles. The van der Waals surface area contributed by atoms with Gasteiger partial charge in [0, 0.05) is 19.0 Å². The van der Waals surface area contributed by atoms with Crippen LogP contribution >= 0.6 is 11.6 Å². The van der Waals surface area contributed by atoms with Gasteiger partial charge in [0.05, 0.1) is 22.0 Å². The molecule has 1 aliphatic rings. The number of anilines is 1. The van der Waals surface area contributed by atoms with E-state index in [0.29, 0.717) is 5.56 Å². The van der Waals surface area contributed by atoms with E-state index < -0.39 is 33.6 Å². The average molecular weight is 475 g/mol. The molecule has 0 aliphatic carbocycles. The highest BCUT2D eigenvalue weighted by Crippen LogP contribution is 2.34. The van der Waals surface area contributed by atoms with E-state index in [1.54, 1.807) is 12.1 Å². The number of alkyl halides is 3. The molecule has 0 saturated carbocycles. The van der Waals surface area contributed by atoms with Crippen molar-refractivity contribution < 1.29 is 26.4 Å². The fourth-order valence-corrected chi connectivity index (χ4v) is 5.14. The molecule has 0 radical (unpaired) electrons.